The molecule has 0 aliphatic heterocycles. The summed E-state index contributed by atoms with van der Waals surface area (Å²) in [6, 6.07) is 13.9. The predicted octanol–water partition coefficient (Wildman–Crippen LogP) is 2.42. The highest BCUT2D eigenvalue weighted by Crippen LogP contribution is 2.12. The number of rotatable bonds is 4. The number of aliphatic imine (C=N–C) groups is 2. The molecule has 6 N–H and O–H groups in total. The van der Waals surface area contributed by atoms with E-state index in [9.17, 15) is 4.79 Å². The predicted molar refractivity (Wildman–Crippen MR) is 106 cm³/mol. The third kappa shape index (κ3) is 5.50. The molecule has 0 bridgehead atoms. The number of anilines is 2. The van der Waals surface area contributed by atoms with E-state index < -0.39 is 0 Å². The van der Waals surface area contributed by atoms with E-state index in [4.69, 9.17) is 11.5 Å². The van der Waals surface area contributed by atoms with Gasteiger partial charge in [-0.3, -0.25) is 9.98 Å². The quantitative estimate of drug-likeness (QED) is 0.495. The van der Waals surface area contributed by atoms with Gasteiger partial charge in [-0.15, -0.1) is 12.4 Å². The molecule has 2 rings (SSSR count). The van der Waals surface area contributed by atoms with Gasteiger partial charge in [-0.1, -0.05) is 0 Å². The van der Waals surface area contributed by atoms with Crippen molar-refractivity contribution < 1.29 is 4.79 Å². The summed E-state index contributed by atoms with van der Waals surface area (Å²) >= 11 is 0. The van der Waals surface area contributed by atoms with E-state index in [1.54, 1.807) is 62.6 Å². The minimum Gasteiger partial charge on any atom is -0.384 e. The van der Waals surface area contributed by atoms with E-state index in [2.05, 4.69) is 20.6 Å². The van der Waals surface area contributed by atoms with Crippen molar-refractivity contribution in [2.24, 2.45) is 21.5 Å². The van der Waals surface area contributed by atoms with Crippen molar-refractivity contribution in [1.82, 2.24) is 0 Å². The lowest BCUT2D eigenvalue weighted by atomic mass is 10.2. The summed E-state index contributed by atoms with van der Waals surface area (Å²) in [6.07, 6.45) is 0. The third-order valence-corrected chi connectivity index (χ3v) is 3.36. The van der Waals surface area contributed by atoms with Crippen molar-refractivity contribution >= 4 is 41.5 Å². The molecule has 132 valence electrons. The maximum Gasteiger partial charge on any atom is 0.323 e. The molecule has 2 amide bonds. The van der Waals surface area contributed by atoms with E-state index in [0.717, 1.165) is 11.1 Å². The van der Waals surface area contributed by atoms with Crippen LogP contribution in [0.4, 0.5) is 16.2 Å². The number of benzene rings is 2. The molecular weight excluding hydrogens is 340 g/mol. The SMILES string of the molecule is CN=C(N)c1ccc(NC(=O)Nc2ccc(C(N)=NC)cc2)cc1.Cl. The fraction of sp³-hybridized carbons (Fsp3) is 0.118. The first-order chi connectivity index (χ1) is 11.5. The summed E-state index contributed by atoms with van der Waals surface area (Å²) in [5, 5.41) is 5.49. The Kier molecular flexibility index (Phi) is 7.43. The number of urea groups is 1. The number of hydrogen-bond acceptors (Lipinski definition) is 3. The lowest BCUT2D eigenvalue weighted by Gasteiger charge is -2.09. The average molecular weight is 361 g/mol. The van der Waals surface area contributed by atoms with Crippen LogP contribution >= 0.6 is 12.4 Å². The van der Waals surface area contributed by atoms with Crippen molar-refractivity contribution in [2.75, 3.05) is 24.7 Å². The van der Waals surface area contributed by atoms with Crippen LogP contribution in [0.1, 0.15) is 11.1 Å². The lowest BCUT2D eigenvalue weighted by Crippen LogP contribution is -2.20. The maximum absolute atomic E-state index is 12.0. The van der Waals surface area contributed by atoms with Crippen LogP contribution in [-0.4, -0.2) is 31.8 Å². The zero-order valence-corrected chi connectivity index (χ0v) is 14.8. The lowest BCUT2D eigenvalue weighted by molar-refractivity contribution is 0.262. The Labute approximate surface area is 152 Å². The number of carbonyl (C=O) groups excluding carboxylic acids is 1. The van der Waals surface area contributed by atoms with Gasteiger partial charge in [0.15, 0.2) is 0 Å². The molecule has 0 unspecified atom stereocenters. The number of nitrogens with two attached hydrogens (primary N) is 2. The first-order valence-electron chi connectivity index (χ1n) is 7.27. The summed E-state index contributed by atoms with van der Waals surface area (Å²) in [6.45, 7) is 0. The smallest absolute Gasteiger partial charge is 0.323 e. The summed E-state index contributed by atoms with van der Waals surface area (Å²) in [4.78, 5) is 19.8. The highest BCUT2D eigenvalue weighted by atomic mass is 35.5. The van der Waals surface area contributed by atoms with E-state index in [-0.39, 0.29) is 18.4 Å². The van der Waals surface area contributed by atoms with Crippen molar-refractivity contribution in [3.63, 3.8) is 0 Å². The average Bonchev–Trinajstić information content (AvgIpc) is 2.61. The van der Waals surface area contributed by atoms with Crippen LogP contribution in [0.2, 0.25) is 0 Å². The number of nitrogens with one attached hydrogen (secondary N) is 2. The van der Waals surface area contributed by atoms with E-state index in [0.29, 0.717) is 23.0 Å². The molecule has 25 heavy (non-hydrogen) atoms. The highest BCUT2D eigenvalue weighted by Gasteiger charge is 2.04. The normalized spacial score (nSPS) is 11.4. The molecule has 0 aliphatic carbocycles. The number of amidine groups is 2. The largest absolute Gasteiger partial charge is 0.384 e. The maximum atomic E-state index is 12.0. The van der Waals surface area contributed by atoms with E-state index >= 15 is 0 Å². The van der Waals surface area contributed by atoms with Crippen molar-refractivity contribution in [1.29, 1.82) is 0 Å². The van der Waals surface area contributed by atoms with Gasteiger partial charge < -0.3 is 22.1 Å². The first-order valence-corrected chi connectivity index (χ1v) is 7.27. The zero-order valence-electron chi connectivity index (χ0n) is 14.0. The van der Waals surface area contributed by atoms with E-state index in [1.807, 2.05) is 0 Å². The molecule has 2 aromatic carbocycles. The topological polar surface area (TPSA) is 118 Å². The number of amides is 2. The number of halogens is 1. The second-order valence-corrected chi connectivity index (χ2v) is 4.95. The second kappa shape index (κ2) is 9.29. The molecule has 0 atom stereocenters. The standard InChI is InChI=1S/C17H20N6O.ClH/c1-20-15(18)11-3-7-13(8-4-11)22-17(24)23-14-9-5-12(6-10-14)16(19)21-2;/h3-10H,1-2H3,(H2,18,20)(H2,19,21)(H2,22,23,24);1H. The Morgan fingerprint density at radius 3 is 1.36 bits per heavy atom. The Bertz CT molecular complexity index is 703. The van der Waals surface area contributed by atoms with Gasteiger partial charge in [-0.05, 0) is 48.5 Å². The Morgan fingerprint density at radius 1 is 0.760 bits per heavy atom. The van der Waals surface area contributed by atoms with Gasteiger partial charge in [0, 0.05) is 36.6 Å². The molecule has 0 saturated carbocycles. The van der Waals surface area contributed by atoms with Gasteiger partial charge in [0.25, 0.3) is 0 Å². The van der Waals surface area contributed by atoms with Crippen molar-refractivity contribution in [3.05, 3.63) is 59.7 Å². The molecule has 0 aromatic heterocycles. The molecule has 0 radical (unpaired) electrons. The molecule has 0 fully saturated rings. The molecule has 7 nitrogen and oxygen atoms in total. The Hall–Kier alpha value is -3.06. The summed E-state index contributed by atoms with van der Waals surface area (Å²) in [5.74, 6) is 0.891. The van der Waals surface area contributed by atoms with Gasteiger partial charge in [0.2, 0.25) is 0 Å². The first kappa shape index (κ1) is 20.0. The monoisotopic (exact) mass is 360 g/mol. The van der Waals surface area contributed by atoms with Gasteiger partial charge in [-0.25, -0.2) is 4.79 Å². The summed E-state index contributed by atoms with van der Waals surface area (Å²) < 4.78 is 0. The molecule has 2 aromatic rings. The Morgan fingerprint density at radius 2 is 1.08 bits per heavy atom. The Balaban J connectivity index is 0.00000312. The summed E-state index contributed by atoms with van der Waals surface area (Å²) in [7, 11) is 3.25. The van der Waals surface area contributed by atoms with Crippen LogP contribution in [0.5, 0.6) is 0 Å². The number of nitrogens with zero attached hydrogens (tertiary/aromatic N) is 2. The minimum absolute atomic E-state index is 0. The second-order valence-electron chi connectivity index (χ2n) is 4.95. The van der Waals surface area contributed by atoms with Crippen molar-refractivity contribution in [3.8, 4) is 0 Å². The van der Waals surface area contributed by atoms with E-state index in [1.165, 1.54) is 0 Å². The van der Waals surface area contributed by atoms with Gasteiger partial charge in [-0.2, -0.15) is 0 Å². The number of carbonyl (C=O) groups is 1. The fourth-order valence-corrected chi connectivity index (χ4v) is 2.00. The zero-order chi connectivity index (χ0) is 17.5. The van der Waals surface area contributed by atoms with Gasteiger partial charge >= 0.3 is 6.03 Å². The molecule has 8 heteroatoms. The van der Waals surface area contributed by atoms with Crippen LogP contribution in [0.25, 0.3) is 0 Å². The van der Waals surface area contributed by atoms with Crippen LogP contribution in [0.15, 0.2) is 58.5 Å². The number of hydrogen-bond donors (Lipinski definition) is 4. The molecule has 0 spiro atoms. The molecule has 0 saturated heterocycles. The third-order valence-electron chi connectivity index (χ3n) is 3.36. The highest BCUT2D eigenvalue weighted by molar-refractivity contribution is 6.02. The van der Waals surface area contributed by atoms with Gasteiger partial charge in [0.1, 0.15) is 11.7 Å². The van der Waals surface area contributed by atoms with Crippen molar-refractivity contribution in [2.45, 2.75) is 0 Å². The fourth-order valence-electron chi connectivity index (χ4n) is 2.00. The molecule has 0 aliphatic rings. The van der Waals surface area contributed by atoms with Crippen LogP contribution in [0, 0.1) is 0 Å². The van der Waals surface area contributed by atoms with Gasteiger partial charge in [0.05, 0.1) is 0 Å². The summed E-state index contributed by atoms with van der Waals surface area (Å²) in [5.41, 5.74) is 14.4. The molecular formula is C17H21ClN6O. The van der Waals surface area contributed by atoms with Crippen LogP contribution in [-0.2, 0) is 0 Å². The van der Waals surface area contributed by atoms with Crippen LogP contribution in [0.3, 0.4) is 0 Å². The minimum atomic E-state index is -0.343. The molecule has 0 heterocycles. The van der Waals surface area contributed by atoms with Crippen LogP contribution < -0.4 is 22.1 Å².